The predicted molar refractivity (Wildman–Crippen MR) is 153 cm³/mol. The molecule has 1 heterocycles. The molecule has 4 rings (SSSR count). The van der Waals surface area contributed by atoms with Crippen molar-refractivity contribution in [3.63, 3.8) is 0 Å². The van der Waals surface area contributed by atoms with E-state index in [4.69, 9.17) is 5.73 Å². The molecule has 4 nitrogen and oxygen atoms in total. The zero-order valence-electron chi connectivity index (χ0n) is 21.9. The van der Waals surface area contributed by atoms with E-state index in [9.17, 15) is 8.42 Å². The molecule has 0 aromatic heterocycles. The van der Waals surface area contributed by atoms with Gasteiger partial charge in [0.25, 0.3) is 10.0 Å². The highest BCUT2D eigenvalue weighted by Crippen LogP contribution is 2.35. The lowest BCUT2D eigenvalue weighted by molar-refractivity contribution is 0.585. The van der Waals surface area contributed by atoms with Crippen molar-refractivity contribution in [2.24, 2.45) is 11.7 Å². The second kappa shape index (κ2) is 13.9. The largest absolute Gasteiger partial charge is 0.330 e. The minimum atomic E-state index is -3.52. The van der Waals surface area contributed by atoms with Crippen LogP contribution in [0.2, 0.25) is 0 Å². The fourth-order valence-corrected chi connectivity index (χ4v) is 6.33. The molecule has 0 amide bonds. The van der Waals surface area contributed by atoms with Gasteiger partial charge in [0.05, 0.1) is 10.6 Å². The molecule has 36 heavy (non-hydrogen) atoms. The van der Waals surface area contributed by atoms with Gasteiger partial charge in [0.1, 0.15) is 0 Å². The Balaban J connectivity index is 0.000000277. The van der Waals surface area contributed by atoms with Gasteiger partial charge in [-0.15, -0.1) is 12.8 Å². The molecular formula is C31H39N2O2S. The van der Waals surface area contributed by atoms with E-state index in [0.717, 1.165) is 53.7 Å². The number of sulfonamides is 1. The first-order chi connectivity index (χ1) is 17.3. The quantitative estimate of drug-likeness (QED) is 0.492. The monoisotopic (exact) mass is 503 g/mol. The Bertz CT molecular complexity index is 1240. The van der Waals surface area contributed by atoms with Crippen LogP contribution in [-0.2, 0) is 16.4 Å². The Hall–Kier alpha value is -3.07. The van der Waals surface area contributed by atoms with Gasteiger partial charge in [-0.1, -0.05) is 73.2 Å². The number of benzene rings is 2. The number of anilines is 1. The van der Waals surface area contributed by atoms with Gasteiger partial charge in [0, 0.05) is 13.0 Å². The molecule has 191 valence electrons. The fraction of sp³-hybridized carbons (Fsp3) is 0.323. The van der Waals surface area contributed by atoms with Gasteiger partial charge in [-0.2, -0.15) is 0 Å². The zero-order valence-corrected chi connectivity index (χ0v) is 22.8. The van der Waals surface area contributed by atoms with Crippen molar-refractivity contribution in [1.29, 1.82) is 0 Å². The lowest BCUT2D eigenvalue weighted by atomic mass is 9.95. The number of para-hydroxylation sites is 1. The van der Waals surface area contributed by atoms with Crippen LogP contribution >= 0.6 is 0 Å². The summed E-state index contributed by atoms with van der Waals surface area (Å²) in [6.07, 6.45) is 23.4. The molecule has 1 atom stereocenters. The van der Waals surface area contributed by atoms with Crippen LogP contribution in [0, 0.1) is 46.0 Å². The third-order valence-electron chi connectivity index (χ3n) is 6.37. The Morgan fingerprint density at radius 1 is 1.00 bits per heavy atom. The molecule has 2 aliphatic rings. The highest BCUT2D eigenvalue weighted by atomic mass is 32.2. The highest BCUT2D eigenvalue weighted by Gasteiger charge is 2.31. The molecule has 1 aliphatic heterocycles. The van der Waals surface area contributed by atoms with Gasteiger partial charge in [0.2, 0.25) is 0 Å². The van der Waals surface area contributed by atoms with Gasteiger partial charge in [-0.05, 0) is 80.8 Å². The minimum absolute atomic E-state index is 0.420. The first-order valence-electron chi connectivity index (χ1n) is 12.4. The van der Waals surface area contributed by atoms with Crippen molar-refractivity contribution < 1.29 is 8.42 Å². The highest BCUT2D eigenvalue weighted by molar-refractivity contribution is 7.92. The van der Waals surface area contributed by atoms with E-state index in [1.807, 2.05) is 63.3 Å². The molecule has 0 saturated carbocycles. The number of allylic oxidation sites excluding steroid dienone is 6. The van der Waals surface area contributed by atoms with Crippen LogP contribution < -0.4 is 10.0 Å². The van der Waals surface area contributed by atoms with Crippen LogP contribution in [0.15, 0.2) is 77.2 Å². The van der Waals surface area contributed by atoms with Crippen LogP contribution in [0.3, 0.4) is 0 Å². The average molecular weight is 504 g/mol. The number of nitrogens with two attached hydrogens (primary N) is 1. The van der Waals surface area contributed by atoms with Crippen LogP contribution in [0.1, 0.15) is 42.0 Å². The summed E-state index contributed by atoms with van der Waals surface area (Å²) in [4.78, 5) is 0.420. The van der Waals surface area contributed by atoms with Gasteiger partial charge in [-0.25, -0.2) is 8.42 Å². The number of terminal acetylenes is 1. The van der Waals surface area contributed by atoms with E-state index in [2.05, 4.69) is 44.4 Å². The first-order valence-corrected chi connectivity index (χ1v) is 13.8. The van der Waals surface area contributed by atoms with Crippen molar-refractivity contribution in [3.05, 3.63) is 101 Å². The molecule has 0 fully saturated rings. The Labute approximate surface area is 218 Å². The average Bonchev–Trinajstić information content (AvgIpc) is 3.17. The van der Waals surface area contributed by atoms with E-state index in [1.165, 1.54) is 5.57 Å². The summed E-state index contributed by atoms with van der Waals surface area (Å²) in [5.74, 6) is 0.572. The minimum Gasteiger partial charge on any atom is -0.330 e. The molecular weight excluding hydrogens is 464 g/mol. The van der Waals surface area contributed by atoms with E-state index < -0.39 is 10.0 Å². The van der Waals surface area contributed by atoms with Crippen molar-refractivity contribution in [3.8, 4) is 12.8 Å². The normalized spacial score (nSPS) is 15.3. The topological polar surface area (TPSA) is 63.4 Å². The summed E-state index contributed by atoms with van der Waals surface area (Å²) in [6, 6.07) is 11.6. The maximum Gasteiger partial charge on any atom is 0.264 e. The second-order valence-electron chi connectivity index (χ2n) is 9.11. The van der Waals surface area contributed by atoms with Crippen LogP contribution in [0.5, 0.6) is 0 Å². The lowest BCUT2D eigenvalue weighted by Gasteiger charge is -2.32. The maximum atomic E-state index is 13.2. The molecule has 0 spiro atoms. The summed E-state index contributed by atoms with van der Waals surface area (Å²) >= 11 is 0. The van der Waals surface area contributed by atoms with Gasteiger partial charge in [-0.3, -0.25) is 4.31 Å². The molecule has 2 N–H and O–H groups in total. The fourth-order valence-electron chi connectivity index (χ4n) is 4.41. The van der Waals surface area contributed by atoms with Gasteiger partial charge in [0.15, 0.2) is 0 Å². The smallest absolute Gasteiger partial charge is 0.264 e. The van der Waals surface area contributed by atoms with Crippen molar-refractivity contribution in [2.75, 3.05) is 17.4 Å². The molecule has 0 bridgehead atoms. The summed E-state index contributed by atoms with van der Waals surface area (Å²) in [6.45, 7) is 9.29. The summed E-state index contributed by atoms with van der Waals surface area (Å²) < 4.78 is 28.0. The van der Waals surface area contributed by atoms with Crippen molar-refractivity contribution in [2.45, 2.75) is 51.9 Å². The summed E-state index contributed by atoms with van der Waals surface area (Å²) in [5.41, 5.74) is 11.6. The van der Waals surface area contributed by atoms with Gasteiger partial charge < -0.3 is 5.73 Å². The summed E-state index contributed by atoms with van der Waals surface area (Å²) in [5, 5.41) is 0. The predicted octanol–water partition coefficient (Wildman–Crippen LogP) is 6.23. The lowest BCUT2D eigenvalue weighted by Crippen LogP contribution is -2.36. The molecule has 2 aromatic carbocycles. The standard InChI is InChI=1S/C18H21NO2S.C11H16N.C2H2/c1-13-9-10-14(2)17(12-13)22(20,21)19-11-5-8-16-7-4-6-15(3)18(16)19;1-10(8-9-12)11-6-4-2-3-5-7-11;1-2/h4,6-7,9-10,12H,5,8,11H2,1-3H3;2-7,10H,8-9,12H2,1H3;1-2H. The number of fused-ring (bicyclic) bond motifs is 1. The molecule has 0 saturated heterocycles. The summed E-state index contributed by atoms with van der Waals surface area (Å²) in [7, 11) is -3.52. The first kappa shape index (κ1) is 29.2. The molecule has 5 heteroatoms. The molecule has 2 aromatic rings. The van der Waals surface area contributed by atoms with E-state index in [-0.39, 0.29) is 0 Å². The Kier molecular flexibility index (Phi) is 11.2. The molecule has 1 radical (unpaired) electrons. The number of nitrogens with zero attached hydrogens (tertiary/aromatic N) is 1. The van der Waals surface area contributed by atoms with E-state index in [0.29, 0.717) is 17.4 Å². The van der Waals surface area contributed by atoms with Gasteiger partial charge >= 0.3 is 0 Å². The van der Waals surface area contributed by atoms with E-state index >= 15 is 0 Å². The van der Waals surface area contributed by atoms with Crippen LogP contribution in [0.25, 0.3) is 0 Å². The molecule has 1 aliphatic carbocycles. The number of rotatable bonds is 5. The van der Waals surface area contributed by atoms with E-state index in [1.54, 1.807) is 10.4 Å². The Morgan fingerprint density at radius 2 is 1.72 bits per heavy atom. The zero-order chi connectivity index (χ0) is 26.7. The second-order valence-corrected chi connectivity index (χ2v) is 10.9. The molecule has 1 unspecified atom stereocenters. The number of aryl methyl sites for hydroxylation is 4. The number of hydrogen-bond donors (Lipinski definition) is 1. The van der Waals surface area contributed by atoms with Crippen molar-refractivity contribution >= 4 is 15.7 Å². The van der Waals surface area contributed by atoms with Crippen LogP contribution in [0.4, 0.5) is 5.69 Å². The van der Waals surface area contributed by atoms with Crippen LogP contribution in [-0.4, -0.2) is 21.5 Å². The number of hydrogen-bond acceptors (Lipinski definition) is 3. The maximum absolute atomic E-state index is 13.2. The third kappa shape index (κ3) is 7.22. The van der Waals surface area contributed by atoms with Crippen molar-refractivity contribution in [1.82, 2.24) is 0 Å². The Morgan fingerprint density at radius 3 is 2.44 bits per heavy atom. The third-order valence-corrected chi connectivity index (χ3v) is 8.31. The SMILES string of the molecule is C#C.CC(CCN)C1=CC=CC=C[CH]1.Cc1ccc(C)c(S(=O)(=O)N2CCCc3cccc(C)c32)c1.